The van der Waals surface area contributed by atoms with E-state index in [1.165, 1.54) is 6.20 Å². The molecule has 0 radical (unpaired) electrons. The number of hydrogen-bond donors (Lipinski definition) is 1. The second-order valence-electron chi connectivity index (χ2n) is 3.77. The zero-order valence-corrected chi connectivity index (χ0v) is 11.1. The molecule has 0 atom stereocenters. The third kappa shape index (κ3) is 3.68. The highest BCUT2D eigenvalue weighted by Crippen LogP contribution is 2.17. The molecular weight excluding hydrogens is 303 g/mol. The van der Waals surface area contributed by atoms with Crippen LogP contribution in [0.2, 0.25) is 5.02 Å². The van der Waals surface area contributed by atoms with Gasteiger partial charge in [-0.05, 0) is 18.3 Å². The lowest BCUT2D eigenvalue weighted by atomic mass is 10.4. The Morgan fingerprint density at radius 2 is 2.21 bits per heavy atom. The van der Waals surface area contributed by atoms with Crippen LogP contribution in [0.4, 0.5) is 13.2 Å². The highest BCUT2D eigenvalue weighted by atomic mass is 35.5. The molecule has 0 aliphatic carbocycles. The fraction of sp³-hybridized carbons (Fsp3) is 0.400. The number of aromatic nitrogens is 3. The number of imidazole rings is 1. The van der Waals surface area contributed by atoms with Gasteiger partial charge in [0.05, 0.1) is 23.7 Å². The minimum atomic E-state index is -4.33. The monoisotopic (exact) mass is 311 g/mol. The van der Waals surface area contributed by atoms with Gasteiger partial charge < -0.3 is 9.72 Å². The molecule has 9 heteroatoms. The van der Waals surface area contributed by atoms with Gasteiger partial charge in [-0.25, -0.2) is 4.98 Å². The van der Waals surface area contributed by atoms with Crippen molar-refractivity contribution in [3.63, 3.8) is 0 Å². The predicted octanol–water partition coefficient (Wildman–Crippen LogP) is 3.33. The number of alkyl halides is 3. The molecule has 2 aromatic heterocycles. The van der Waals surface area contributed by atoms with Crippen LogP contribution in [0.25, 0.3) is 11.2 Å². The van der Waals surface area contributed by atoms with Crippen molar-refractivity contribution in [2.24, 2.45) is 0 Å². The van der Waals surface area contributed by atoms with Crippen LogP contribution >= 0.6 is 23.8 Å². The maximum Gasteiger partial charge on any atom is 0.411 e. The SMILES string of the molecule is FC(F)(F)COCCn1c(=S)[nH]c2cc(Cl)cnc21. The predicted molar refractivity (Wildman–Crippen MR) is 66.8 cm³/mol. The van der Waals surface area contributed by atoms with Crippen molar-refractivity contribution >= 4 is 35.0 Å². The normalized spacial score (nSPS) is 12.2. The molecule has 0 bridgehead atoms. The van der Waals surface area contributed by atoms with Crippen LogP contribution in [0.15, 0.2) is 12.3 Å². The van der Waals surface area contributed by atoms with Crippen molar-refractivity contribution in [2.45, 2.75) is 12.7 Å². The van der Waals surface area contributed by atoms with Crippen molar-refractivity contribution < 1.29 is 17.9 Å². The first kappa shape index (κ1) is 14.3. The fourth-order valence-corrected chi connectivity index (χ4v) is 2.01. The summed E-state index contributed by atoms with van der Waals surface area (Å²) in [6, 6.07) is 1.65. The molecule has 19 heavy (non-hydrogen) atoms. The van der Waals surface area contributed by atoms with E-state index in [4.69, 9.17) is 23.8 Å². The van der Waals surface area contributed by atoms with Gasteiger partial charge in [0.25, 0.3) is 0 Å². The topological polar surface area (TPSA) is 42.8 Å². The third-order valence-corrected chi connectivity index (χ3v) is 2.83. The number of nitrogens with zero attached hydrogens (tertiary/aromatic N) is 2. The molecule has 0 aliphatic heterocycles. The molecule has 2 aromatic rings. The van der Waals surface area contributed by atoms with Crippen molar-refractivity contribution in [1.29, 1.82) is 0 Å². The summed E-state index contributed by atoms with van der Waals surface area (Å²) in [6.45, 7) is -1.20. The summed E-state index contributed by atoms with van der Waals surface area (Å²) < 4.78 is 42.2. The second-order valence-corrected chi connectivity index (χ2v) is 4.60. The molecule has 4 nitrogen and oxygen atoms in total. The maximum absolute atomic E-state index is 11.9. The summed E-state index contributed by atoms with van der Waals surface area (Å²) in [6.07, 6.45) is -2.88. The Morgan fingerprint density at radius 1 is 1.47 bits per heavy atom. The van der Waals surface area contributed by atoms with Gasteiger partial charge in [0.2, 0.25) is 0 Å². The molecule has 0 saturated heterocycles. The van der Waals surface area contributed by atoms with Gasteiger partial charge in [0, 0.05) is 6.20 Å². The van der Waals surface area contributed by atoms with Crippen LogP contribution in [-0.4, -0.2) is 33.9 Å². The number of rotatable bonds is 4. The van der Waals surface area contributed by atoms with E-state index in [9.17, 15) is 13.2 Å². The molecular formula is C10H9ClF3N3OS. The van der Waals surface area contributed by atoms with E-state index >= 15 is 0 Å². The third-order valence-electron chi connectivity index (χ3n) is 2.30. The van der Waals surface area contributed by atoms with Crippen LogP contribution in [0.5, 0.6) is 0 Å². The molecule has 0 fully saturated rings. The highest BCUT2D eigenvalue weighted by molar-refractivity contribution is 7.71. The molecule has 0 aromatic carbocycles. The summed E-state index contributed by atoms with van der Waals surface area (Å²) in [5, 5.41) is 0.448. The lowest BCUT2D eigenvalue weighted by Gasteiger charge is -2.08. The van der Waals surface area contributed by atoms with Crippen LogP contribution in [-0.2, 0) is 11.3 Å². The van der Waals surface area contributed by atoms with Gasteiger partial charge in [-0.2, -0.15) is 13.2 Å². The standard InChI is InChI=1S/C10H9ClF3N3OS/c11-6-3-7-8(15-4-6)17(9(19)16-7)1-2-18-5-10(12,13)14/h3-4H,1-2,5H2,(H,16,19). The summed E-state index contributed by atoms with van der Waals surface area (Å²) in [7, 11) is 0. The van der Waals surface area contributed by atoms with E-state index in [1.807, 2.05) is 0 Å². The van der Waals surface area contributed by atoms with Crippen molar-refractivity contribution in [1.82, 2.24) is 14.5 Å². The van der Waals surface area contributed by atoms with E-state index in [0.29, 0.717) is 21.0 Å². The molecule has 1 N–H and O–H groups in total. The van der Waals surface area contributed by atoms with Crippen LogP contribution in [0.3, 0.4) is 0 Å². The minimum absolute atomic E-state index is 0.106. The van der Waals surface area contributed by atoms with E-state index < -0.39 is 12.8 Å². The first-order valence-corrected chi connectivity index (χ1v) is 6.04. The van der Waals surface area contributed by atoms with E-state index in [-0.39, 0.29) is 13.2 Å². The van der Waals surface area contributed by atoms with Crippen LogP contribution in [0, 0.1) is 4.77 Å². The Hall–Kier alpha value is -1.12. The summed E-state index contributed by atoms with van der Waals surface area (Å²) >= 11 is 10.8. The summed E-state index contributed by atoms with van der Waals surface area (Å²) in [5.74, 6) is 0. The largest absolute Gasteiger partial charge is 0.411 e. The quantitative estimate of drug-likeness (QED) is 0.696. The number of halogens is 4. The van der Waals surface area contributed by atoms with Gasteiger partial charge in [0.15, 0.2) is 10.4 Å². The average Bonchev–Trinajstić information content (AvgIpc) is 2.58. The molecule has 0 unspecified atom stereocenters. The van der Waals surface area contributed by atoms with Gasteiger partial charge in [-0.1, -0.05) is 11.6 Å². The Morgan fingerprint density at radius 3 is 2.89 bits per heavy atom. The number of ether oxygens (including phenoxy) is 1. The lowest BCUT2D eigenvalue weighted by molar-refractivity contribution is -0.174. The zero-order chi connectivity index (χ0) is 14.0. The van der Waals surface area contributed by atoms with E-state index in [2.05, 4.69) is 14.7 Å². The molecule has 2 heterocycles. The Labute approximate surface area is 116 Å². The van der Waals surface area contributed by atoms with Crippen LogP contribution in [0.1, 0.15) is 0 Å². The van der Waals surface area contributed by atoms with Crippen LogP contribution < -0.4 is 0 Å². The number of hydrogen-bond acceptors (Lipinski definition) is 3. The molecule has 2 rings (SSSR count). The van der Waals surface area contributed by atoms with Crippen molar-refractivity contribution in [2.75, 3.05) is 13.2 Å². The average molecular weight is 312 g/mol. The zero-order valence-electron chi connectivity index (χ0n) is 9.50. The minimum Gasteiger partial charge on any atom is -0.370 e. The number of pyridine rings is 1. The number of H-pyrrole nitrogens is 1. The van der Waals surface area contributed by atoms with Crippen molar-refractivity contribution in [3.8, 4) is 0 Å². The fourth-order valence-electron chi connectivity index (χ4n) is 1.57. The Kier molecular flexibility index (Phi) is 4.12. The van der Waals surface area contributed by atoms with Gasteiger partial charge >= 0.3 is 6.18 Å². The second kappa shape index (κ2) is 5.48. The molecule has 0 aliphatic rings. The summed E-state index contributed by atoms with van der Waals surface area (Å²) in [4.78, 5) is 6.96. The molecule has 0 amide bonds. The van der Waals surface area contributed by atoms with Gasteiger partial charge in [-0.3, -0.25) is 4.57 Å². The van der Waals surface area contributed by atoms with Gasteiger partial charge in [0.1, 0.15) is 6.61 Å². The molecule has 0 spiro atoms. The molecule has 0 saturated carbocycles. The number of aromatic amines is 1. The Bertz CT molecular complexity index is 637. The Balaban J connectivity index is 2.09. The first-order chi connectivity index (χ1) is 8.87. The smallest absolute Gasteiger partial charge is 0.370 e. The maximum atomic E-state index is 11.9. The number of fused-ring (bicyclic) bond motifs is 1. The van der Waals surface area contributed by atoms with Gasteiger partial charge in [-0.15, -0.1) is 0 Å². The van der Waals surface area contributed by atoms with Crippen molar-refractivity contribution in [3.05, 3.63) is 22.1 Å². The highest BCUT2D eigenvalue weighted by Gasteiger charge is 2.27. The van der Waals surface area contributed by atoms with E-state index in [0.717, 1.165) is 0 Å². The lowest BCUT2D eigenvalue weighted by Crippen LogP contribution is -2.19. The first-order valence-electron chi connectivity index (χ1n) is 5.25. The van der Waals surface area contributed by atoms with E-state index in [1.54, 1.807) is 10.6 Å². The number of nitrogens with one attached hydrogen (secondary N) is 1. The summed E-state index contributed by atoms with van der Waals surface area (Å²) in [5.41, 5.74) is 1.17. The molecule has 104 valence electrons.